The van der Waals surface area contributed by atoms with Gasteiger partial charge in [-0.25, -0.2) is 0 Å². The molecule has 0 aliphatic carbocycles. The average Bonchev–Trinajstić information content (AvgIpc) is 2.03. The van der Waals surface area contributed by atoms with Gasteiger partial charge in [-0.2, -0.15) is 0 Å². The molecule has 0 bridgehead atoms. The fraction of sp³-hybridized carbons (Fsp3) is 0.800. The second-order valence-corrected chi connectivity index (χ2v) is 3.48. The van der Waals surface area contributed by atoms with E-state index in [4.69, 9.17) is 4.74 Å². The molecular weight excluding hydrogens is 136 g/mol. The average molecular weight is 154 g/mol. The molecule has 0 saturated carbocycles. The van der Waals surface area contributed by atoms with Gasteiger partial charge in [0.1, 0.15) is 0 Å². The highest BCUT2D eigenvalue weighted by Gasteiger charge is 2.16. The molecule has 1 nitrogen and oxygen atoms in total. The maximum absolute atomic E-state index is 5.62. The van der Waals surface area contributed by atoms with E-state index < -0.39 is 0 Å². The third-order valence-electron chi connectivity index (χ3n) is 2.46. The molecule has 11 heavy (non-hydrogen) atoms. The zero-order valence-corrected chi connectivity index (χ0v) is 7.76. The van der Waals surface area contributed by atoms with Crippen LogP contribution in [0.2, 0.25) is 0 Å². The minimum Gasteiger partial charge on any atom is -0.374 e. The Kier molecular flexibility index (Phi) is 3.13. The zero-order chi connectivity index (χ0) is 8.27. The zero-order valence-electron chi connectivity index (χ0n) is 7.76. The number of ether oxygens (including phenoxy) is 1. The lowest BCUT2D eigenvalue weighted by molar-refractivity contribution is 0.0410. The lowest BCUT2D eigenvalue weighted by atomic mass is 9.97. The van der Waals surface area contributed by atoms with Crippen LogP contribution in [0.1, 0.15) is 33.6 Å². The summed E-state index contributed by atoms with van der Waals surface area (Å²) in [5.74, 6) is 0.672. The molecule has 2 unspecified atom stereocenters. The molecule has 1 rings (SSSR count). The molecule has 0 radical (unpaired) electrons. The third-order valence-corrected chi connectivity index (χ3v) is 2.46. The highest BCUT2D eigenvalue weighted by atomic mass is 16.5. The largest absolute Gasteiger partial charge is 0.374 e. The van der Waals surface area contributed by atoms with Gasteiger partial charge in [0.15, 0.2) is 0 Å². The topological polar surface area (TPSA) is 9.23 Å². The standard InChI is InChI=1S/C10H18O/c1-4-9(3)10-7-8(2)5-6-11-10/h7,9-10H,4-6H2,1-3H3. The minimum atomic E-state index is 0.383. The Labute approximate surface area is 69.4 Å². The van der Waals surface area contributed by atoms with Gasteiger partial charge in [-0.3, -0.25) is 0 Å². The van der Waals surface area contributed by atoms with Crippen molar-refractivity contribution in [1.82, 2.24) is 0 Å². The quantitative estimate of drug-likeness (QED) is 0.556. The molecule has 0 N–H and O–H groups in total. The van der Waals surface area contributed by atoms with Crippen molar-refractivity contribution in [3.05, 3.63) is 11.6 Å². The van der Waals surface area contributed by atoms with Gasteiger partial charge in [0.05, 0.1) is 12.7 Å². The van der Waals surface area contributed by atoms with Crippen LogP contribution in [0.3, 0.4) is 0 Å². The smallest absolute Gasteiger partial charge is 0.0783 e. The van der Waals surface area contributed by atoms with E-state index in [2.05, 4.69) is 26.8 Å². The van der Waals surface area contributed by atoms with Gasteiger partial charge in [0.25, 0.3) is 0 Å². The molecule has 1 aliphatic rings. The summed E-state index contributed by atoms with van der Waals surface area (Å²) in [6, 6.07) is 0. The second kappa shape index (κ2) is 3.91. The normalized spacial score (nSPS) is 27.9. The maximum atomic E-state index is 5.62. The van der Waals surface area contributed by atoms with Crippen LogP contribution in [0.25, 0.3) is 0 Å². The SMILES string of the molecule is CCC(C)C1C=C(C)CCO1. The summed E-state index contributed by atoms with van der Waals surface area (Å²) in [6.45, 7) is 7.57. The summed E-state index contributed by atoms with van der Waals surface area (Å²) in [4.78, 5) is 0. The van der Waals surface area contributed by atoms with Gasteiger partial charge in [-0.05, 0) is 19.3 Å². The predicted molar refractivity (Wildman–Crippen MR) is 47.6 cm³/mol. The van der Waals surface area contributed by atoms with E-state index in [1.54, 1.807) is 0 Å². The molecule has 0 amide bonds. The molecule has 0 saturated heterocycles. The van der Waals surface area contributed by atoms with Crippen molar-refractivity contribution in [2.75, 3.05) is 6.61 Å². The number of hydrogen-bond acceptors (Lipinski definition) is 1. The Balaban J connectivity index is 2.51. The molecule has 0 aromatic heterocycles. The summed E-state index contributed by atoms with van der Waals surface area (Å²) in [7, 11) is 0. The molecule has 0 aromatic rings. The van der Waals surface area contributed by atoms with Crippen LogP contribution in [0.15, 0.2) is 11.6 Å². The van der Waals surface area contributed by atoms with Crippen LogP contribution in [0.5, 0.6) is 0 Å². The monoisotopic (exact) mass is 154 g/mol. The van der Waals surface area contributed by atoms with Crippen molar-refractivity contribution in [2.45, 2.75) is 39.7 Å². The third kappa shape index (κ3) is 2.33. The summed E-state index contributed by atoms with van der Waals surface area (Å²) in [6.07, 6.45) is 4.98. The Morgan fingerprint density at radius 2 is 2.45 bits per heavy atom. The van der Waals surface area contributed by atoms with Crippen LogP contribution in [-0.2, 0) is 4.74 Å². The fourth-order valence-electron chi connectivity index (χ4n) is 1.33. The maximum Gasteiger partial charge on any atom is 0.0783 e. The van der Waals surface area contributed by atoms with E-state index in [1.807, 2.05) is 0 Å². The lowest BCUT2D eigenvalue weighted by Crippen LogP contribution is -2.23. The number of rotatable bonds is 2. The van der Waals surface area contributed by atoms with Gasteiger partial charge in [0, 0.05) is 0 Å². The predicted octanol–water partition coefficient (Wildman–Crippen LogP) is 2.77. The molecule has 0 fully saturated rings. The fourth-order valence-corrected chi connectivity index (χ4v) is 1.33. The van der Waals surface area contributed by atoms with Crippen LogP contribution in [0.4, 0.5) is 0 Å². The Morgan fingerprint density at radius 3 is 3.00 bits per heavy atom. The first-order valence-electron chi connectivity index (χ1n) is 4.53. The van der Waals surface area contributed by atoms with Gasteiger partial charge in [-0.1, -0.05) is 31.9 Å². The molecule has 64 valence electrons. The first kappa shape index (κ1) is 8.79. The second-order valence-electron chi connectivity index (χ2n) is 3.48. The van der Waals surface area contributed by atoms with Crippen LogP contribution in [0, 0.1) is 5.92 Å². The Morgan fingerprint density at radius 1 is 1.73 bits per heavy atom. The van der Waals surface area contributed by atoms with Gasteiger partial charge < -0.3 is 4.74 Å². The lowest BCUT2D eigenvalue weighted by Gasteiger charge is -2.25. The van der Waals surface area contributed by atoms with E-state index in [9.17, 15) is 0 Å². The van der Waals surface area contributed by atoms with Crippen molar-refractivity contribution in [2.24, 2.45) is 5.92 Å². The Hall–Kier alpha value is -0.300. The van der Waals surface area contributed by atoms with Crippen LogP contribution in [-0.4, -0.2) is 12.7 Å². The highest BCUT2D eigenvalue weighted by molar-refractivity contribution is 5.05. The van der Waals surface area contributed by atoms with E-state index >= 15 is 0 Å². The molecule has 1 heterocycles. The summed E-state index contributed by atoms with van der Waals surface area (Å²) < 4.78 is 5.62. The van der Waals surface area contributed by atoms with Crippen LogP contribution >= 0.6 is 0 Å². The van der Waals surface area contributed by atoms with Crippen LogP contribution < -0.4 is 0 Å². The van der Waals surface area contributed by atoms with Gasteiger partial charge in [0.2, 0.25) is 0 Å². The molecule has 1 aliphatic heterocycles. The summed E-state index contributed by atoms with van der Waals surface area (Å²) >= 11 is 0. The van der Waals surface area contributed by atoms with Gasteiger partial charge in [-0.15, -0.1) is 0 Å². The van der Waals surface area contributed by atoms with E-state index in [1.165, 1.54) is 12.0 Å². The van der Waals surface area contributed by atoms with Gasteiger partial charge >= 0.3 is 0 Å². The minimum absolute atomic E-state index is 0.383. The van der Waals surface area contributed by atoms with Crippen molar-refractivity contribution in [1.29, 1.82) is 0 Å². The molecule has 2 atom stereocenters. The van der Waals surface area contributed by atoms with Crippen molar-refractivity contribution >= 4 is 0 Å². The molecule has 1 heteroatoms. The number of hydrogen-bond donors (Lipinski definition) is 0. The van der Waals surface area contributed by atoms with Crippen molar-refractivity contribution in [3.8, 4) is 0 Å². The van der Waals surface area contributed by atoms with Crippen molar-refractivity contribution < 1.29 is 4.74 Å². The summed E-state index contributed by atoms with van der Waals surface area (Å²) in [5.41, 5.74) is 1.49. The molecular formula is C10H18O. The van der Waals surface area contributed by atoms with E-state index in [0.29, 0.717) is 12.0 Å². The molecule has 0 aromatic carbocycles. The molecule has 0 spiro atoms. The van der Waals surface area contributed by atoms with Crippen molar-refractivity contribution in [3.63, 3.8) is 0 Å². The van der Waals surface area contributed by atoms with E-state index in [0.717, 1.165) is 13.0 Å². The Bertz CT molecular complexity index is 149. The summed E-state index contributed by atoms with van der Waals surface area (Å²) in [5, 5.41) is 0. The first-order chi connectivity index (χ1) is 5.24. The van der Waals surface area contributed by atoms with E-state index in [-0.39, 0.29) is 0 Å². The highest BCUT2D eigenvalue weighted by Crippen LogP contribution is 2.20. The first-order valence-corrected chi connectivity index (χ1v) is 4.53.